The lowest BCUT2D eigenvalue weighted by Gasteiger charge is -2.12. The Kier molecular flexibility index (Phi) is 4.91. The van der Waals surface area contributed by atoms with E-state index in [-0.39, 0.29) is 12.1 Å². The van der Waals surface area contributed by atoms with Crippen LogP contribution < -0.4 is 5.32 Å². The first-order valence-electron chi connectivity index (χ1n) is 7.30. The molecule has 0 aliphatic rings. The molecule has 0 aliphatic carbocycles. The van der Waals surface area contributed by atoms with Gasteiger partial charge >= 0.3 is 6.18 Å². The Morgan fingerprint density at radius 3 is 2.64 bits per heavy atom. The number of carbonyl (C=O) groups is 1. The molecule has 0 fully saturated rings. The normalized spacial score (nSPS) is 11.5. The Hall–Kier alpha value is -2.19. The van der Waals surface area contributed by atoms with Crippen LogP contribution in [0.5, 0.6) is 0 Å². The van der Waals surface area contributed by atoms with Crippen LogP contribution in [0.3, 0.4) is 0 Å². The molecule has 130 valence electrons. The number of thiophene rings is 1. The molecule has 0 bridgehead atoms. The number of nitrogens with one attached hydrogen (secondary N) is 1. The van der Waals surface area contributed by atoms with Crippen molar-refractivity contribution in [2.24, 2.45) is 0 Å². The third kappa shape index (κ3) is 4.08. The minimum atomic E-state index is -4.56. The SMILES string of the molecule is Cc1nc(-c2ccc(CNC(=O)c3ccccc3C(F)(F)F)s2)cs1. The standard InChI is InChI=1S/C17H13F3N2OS2/c1-10-22-14(9-24-10)15-7-6-11(25-15)8-21-16(23)12-4-2-3-5-13(12)17(18,19)20/h2-7,9H,8H2,1H3,(H,21,23). The lowest BCUT2D eigenvalue weighted by molar-refractivity contribution is -0.137. The number of hydrogen-bond donors (Lipinski definition) is 1. The van der Waals surface area contributed by atoms with Crippen LogP contribution in [-0.4, -0.2) is 10.9 Å². The Morgan fingerprint density at radius 1 is 1.20 bits per heavy atom. The van der Waals surface area contributed by atoms with Gasteiger partial charge in [0.25, 0.3) is 5.91 Å². The number of halogens is 3. The molecule has 1 N–H and O–H groups in total. The minimum Gasteiger partial charge on any atom is -0.347 e. The smallest absolute Gasteiger partial charge is 0.347 e. The summed E-state index contributed by atoms with van der Waals surface area (Å²) in [7, 11) is 0. The molecule has 0 aliphatic heterocycles. The first kappa shape index (κ1) is 17.6. The molecule has 2 heterocycles. The quantitative estimate of drug-likeness (QED) is 0.680. The van der Waals surface area contributed by atoms with Crippen LogP contribution in [0.25, 0.3) is 10.6 Å². The molecular weight excluding hydrogens is 369 g/mol. The van der Waals surface area contributed by atoms with Crippen molar-refractivity contribution in [2.75, 3.05) is 0 Å². The number of hydrogen-bond acceptors (Lipinski definition) is 4. The Labute approximate surface area is 150 Å². The molecule has 0 spiro atoms. The highest BCUT2D eigenvalue weighted by Crippen LogP contribution is 2.32. The molecule has 1 amide bonds. The van der Waals surface area contributed by atoms with Gasteiger partial charge in [0.15, 0.2) is 0 Å². The molecule has 25 heavy (non-hydrogen) atoms. The number of amides is 1. The molecule has 0 unspecified atom stereocenters. The highest BCUT2D eigenvalue weighted by atomic mass is 32.1. The average Bonchev–Trinajstić information content (AvgIpc) is 3.20. The fourth-order valence-corrected chi connectivity index (χ4v) is 3.87. The largest absolute Gasteiger partial charge is 0.417 e. The molecule has 3 aromatic rings. The van der Waals surface area contributed by atoms with Gasteiger partial charge in [0.1, 0.15) is 0 Å². The van der Waals surface area contributed by atoms with E-state index in [1.807, 2.05) is 24.4 Å². The summed E-state index contributed by atoms with van der Waals surface area (Å²) < 4.78 is 38.9. The molecule has 3 nitrogen and oxygen atoms in total. The zero-order valence-corrected chi connectivity index (χ0v) is 14.7. The van der Waals surface area contributed by atoms with Gasteiger partial charge in [-0.15, -0.1) is 22.7 Å². The van der Waals surface area contributed by atoms with Gasteiger partial charge in [-0.2, -0.15) is 13.2 Å². The van der Waals surface area contributed by atoms with Crippen LogP contribution in [0.2, 0.25) is 0 Å². The highest BCUT2D eigenvalue weighted by Gasteiger charge is 2.34. The predicted molar refractivity (Wildman–Crippen MR) is 92.8 cm³/mol. The number of aromatic nitrogens is 1. The van der Waals surface area contributed by atoms with Gasteiger partial charge in [0.05, 0.1) is 33.3 Å². The molecule has 8 heteroatoms. The van der Waals surface area contributed by atoms with E-state index >= 15 is 0 Å². The van der Waals surface area contributed by atoms with Crippen molar-refractivity contribution < 1.29 is 18.0 Å². The lowest BCUT2D eigenvalue weighted by Crippen LogP contribution is -2.25. The lowest BCUT2D eigenvalue weighted by atomic mass is 10.1. The maximum atomic E-state index is 13.0. The maximum absolute atomic E-state index is 13.0. The summed E-state index contributed by atoms with van der Waals surface area (Å²) in [5.74, 6) is -0.743. The molecular formula is C17H13F3N2OS2. The van der Waals surface area contributed by atoms with Gasteiger partial charge in [-0.3, -0.25) is 4.79 Å². The molecule has 0 saturated heterocycles. The molecule has 0 saturated carbocycles. The third-order valence-electron chi connectivity index (χ3n) is 3.43. The number of aryl methyl sites for hydroxylation is 1. The molecule has 0 radical (unpaired) electrons. The number of carbonyl (C=O) groups excluding carboxylic acids is 1. The van der Waals surface area contributed by atoms with Crippen LogP contribution in [0.15, 0.2) is 41.8 Å². The van der Waals surface area contributed by atoms with E-state index in [1.54, 1.807) is 11.3 Å². The van der Waals surface area contributed by atoms with E-state index < -0.39 is 17.6 Å². The molecule has 2 aromatic heterocycles. The van der Waals surface area contributed by atoms with Crippen LogP contribution in [0, 0.1) is 6.92 Å². The fraction of sp³-hybridized carbons (Fsp3) is 0.176. The van der Waals surface area contributed by atoms with E-state index in [0.717, 1.165) is 26.5 Å². The van der Waals surface area contributed by atoms with Gasteiger partial charge in [-0.1, -0.05) is 12.1 Å². The van der Waals surface area contributed by atoms with Crippen molar-refractivity contribution in [3.8, 4) is 10.6 Å². The van der Waals surface area contributed by atoms with Crippen molar-refractivity contribution >= 4 is 28.6 Å². The number of thiazole rings is 1. The van der Waals surface area contributed by atoms with Gasteiger partial charge in [-0.25, -0.2) is 4.98 Å². The van der Waals surface area contributed by atoms with Crippen molar-refractivity contribution in [1.82, 2.24) is 10.3 Å². The Balaban J connectivity index is 1.71. The van der Waals surface area contributed by atoms with Crippen molar-refractivity contribution in [1.29, 1.82) is 0 Å². The zero-order chi connectivity index (χ0) is 18.0. The van der Waals surface area contributed by atoms with E-state index in [9.17, 15) is 18.0 Å². The summed E-state index contributed by atoms with van der Waals surface area (Å²) >= 11 is 3.00. The summed E-state index contributed by atoms with van der Waals surface area (Å²) in [5.41, 5.74) is -0.438. The zero-order valence-electron chi connectivity index (χ0n) is 13.1. The summed E-state index contributed by atoms with van der Waals surface area (Å²) in [5, 5.41) is 5.46. The minimum absolute atomic E-state index is 0.165. The average molecular weight is 382 g/mol. The van der Waals surface area contributed by atoms with Crippen molar-refractivity contribution in [3.63, 3.8) is 0 Å². The van der Waals surface area contributed by atoms with E-state index in [2.05, 4.69) is 10.3 Å². The third-order valence-corrected chi connectivity index (χ3v) is 5.31. The summed E-state index contributed by atoms with van der Waals surface area (Å²) in [6.45, 7) is 2.08. The van der Waals surface area contributed by atoms with Crippen LogP contribution in [0.1, 0.15) is 25.8 Å². The summed E-state index contributed by atoms with van der Waals surface area (Å²) in [4.78, 5) is 18.3. The Bertz CT molecular complexity index is 899. The van der Waals surface area contributed by atoms with E-state index in [4.69, 9.17) is 0 Å². The predicted octanol–water partition coefficient (Wildman–Crippen LogP) is 5.13. The second kappa shape index (κ2) is 6.97. The summed E-state index contributed by atoms with van der Waals surface area (Å²) in [6, 6.07) is 8.49. The molecule has 3 rings (SSSR count). The number of alkyl halides is 3. The fourth-order valence-electron chi connectivity index (χ4n) is 2.28. The number of rotatable bonds is 4. The molecule has 1 aromatic carbocycles. The van der Waals surface area contributed by atoms with Crippen LogP contribution in [0.4, 0.5) is 13.2 Å². The van der Waals surface area contributed by atoms with Crippen LogP contribution >= 0.6 is 22.7 Å². The topological polar surface area (TPSA) is 42.0 Å². The monoisotopic (exact) mass is 382 g/mol. The van der Waals surface area contributed by atoms with Gasteiger partial charge in [-0.05, 0) is 31.2 Å². The first-order chi connectivity index (χ1) is 11.8. The first-order valence-corrected chi connectivity index (χ1v) is 9.00. The van der Waals surface area contributed by atoms with Crippen molar-refractivity contribution in [2.45, 2.75) is 19.6 Å². The highest BCUT2D eigenvalue weighted by molar-refractivity contribution is 7.16. The van der Waals surface area contributed by atoms with Gasteiger partial charge < -0.3 is 5.32 Å². The van der Waals surface area contributed by atoms with E-state index in [1.165, 1.54) is 29.5 Å². The Morgan fingerprint density at radius 2 is 1.96 bits per heavy atom. The van der Waals surface area contributed by atoms with Gasteiger partial charge in [0, 0.05) is 10.3 Å². The molecule has 0 atom stereocenters. The van der Waals surface area contributed by atoms with Crippen LogP contribution in [-0.2, 0) is 12.7 Å². The maximum Gasteiger partial charge on any atom is 0.417 e. The van der Waals surface area contributed by atoms with E-state index in [0.29, 0.717) is 0 Å². The second-order valence-electron chi connectivity index (χ2n) is 5.24. The van der Waals surface area contributed by atoms with Crippen molar-refractivity contribution in [3.05, 3.63) is 62.8 Å². The second-order valence-corrected chi connectivity index (χ2v) is 7.47. The summed E-state index contributed by atoms with van der Waals surface area (Å²) in [6.07, 6.45) is -4.56. The number of benzene rings is 1. The van der Waals surface area contributed by atoms with Gasteiger partial charge in [0.2, 0.25) is 0 Å². The number of nitrogens with zero attached hydrogens (tertiary/aromatic N) is 1.